The van der Waals surface area contributed by atoms with Crippen LogP contribution in [0, 0.1) is 0 Å². The lowest BCUT2D eigenvalue weighted by molar-refractivity contribution is 0.248. The van der Waals surface area contributed by atoms with Crippen LogP contribution < -0.4 is 5.32 Å². The van der Waals surface area contributed by atoms with Crippen LogP contribution in [-0.4, -0.2) is 48.1 Å². The number of allylic oxidation sites excluding steroid dienone is 2. The molecule has 0 radical (unpaired) electrons. The molecule has 2 heterocycles. The second kappa shape index (κ2) is 8.45. The number of nitrogens with one attached hydrogen (secondary N) is 1. The van der Waals surface area contributed by atoms with E-state index in [-0.39, 0.29) is 12.0 Å². The second-order valence-corrected chi connectivity index (χ2v) is 9.22. The summed E-state index contributed by atoms with van der Waals surface area (Å²) in [5.41, 5.74) is 6.98. The molecule has 1 saturated heterocycles. The number of aliphatic hydroxyl groups is 1. The number of benzene rings is 1. The normalized spacial score (nSPS) is 23.2. The maximum Gasteiger partial charge on any atom is 0.109 e. The molecule has 0 spiro atoms. The van der Waals surface area contributed by atoms with Gasteiger partial charge in [0.05, 0.1) is 12.3 Å². The van der Waals surface area contributed by atoms with Crippen molar-refractivity contribution in [3.05, 3.63) is 47.0 Å². The third-order valence-corrected chi connectivity index (χ3v) is 6.89. The number of amidine groups is 1. The molecule has 0 atom stereocenters. The molecule has 2 N–H and O–H groups in total. The number of likely N-dealkylation sites (tertiary alicyclic amines) is 1. The zero-order chi connectivity index (χ0) is 20.4. The molecule has 4 heteroatoms. The molecule has 0 aromatic heterocycles. The van der Waals surface area contributed by atoms with Gasteiger partial charge in [0.15, 0.2) is 0 Å². The van der Waals surface area contributed by atoms with E-state index >= 15 is 0 Å². The first-order valence-electron chi connectivity index (χ1n) is 11.2. The van der Waals surface area contributed by atoms with Crippen molar-refractivity contribution >= 4 is 17.1 Å². The van der Waals surface area contributed by atoms with Crippen molar-refractivity contribution in [1.29, 1.82) is 0 Å². The minimum Gasteiger partial charge on any atom is -0.395 e. The number of fused-ring (bicyclic) bond motifs is 1. The van der Waals surface area contributed by atoms with Crippen molar-refractivity contribution < 1.29 is 5.11 Å². The van der Waals surface area contributed by atoms with Gasteiger partial charge in [-0.2, -0.15) is 0 Å². The Morgan fingerprint density at radius 2 is 2.07 bits per heavy atom. The number of aliphatic hydroxyl groups excluding tert-OH is 1. The van der Waals surface area contributed by atoms with E-state index in [1.807, 2.05) is 0 Å². The summed E-state index contributed by atoms with van der Waals surface area (Å²) >= 11 is 0. The Balaban J connectivity index is 1.49. The average molecular weight is 394 g/mol. The lowest BCUT2D eigenvalue weighted by Crippen LogP contribution is -2.45. The van der Waals surface area contributed by atoms with Gasteiger partial charge in [0, 0.05) is 37.7 Å². The summed E-state index contributed by atoms with van der Waals surface area (Å²) in [6.45, 7) is 9.89. The summed E-state index contributed by atoms with van der Waals surface area (Å²) in [7, 11) is 0. The zero-order valence-corrected chi connectivity index (χ0v) is 18.2. The molecule has 156 valence electrons. The predicted octanol–water partition coefficient (Wildman–Crippen LogP) is 4.35. The Hall–Kier alpha value is -1.91. The highest BCUT2D eigenvalue weighted by Gasteiger charge is 2.30. The lowest BCUT2D eigenvalue weighted by Gasteiger charge is -2.34. The van der Waals surface area contributed by atoms with E-state index in [4.69, 9.17) is 10.1 Å². The van der Waals surface area contributed by atoms with Gasteiger partial charge in [0.2, 0.25) is 0 Å². The number of aliphatic imine (C=N–C) groups is 1. The molecule has 3 aliphatic rings. The van der Waals surface area contributed by atoms with Crippen LogP contribution in [0.3, 0.4) is 0 Å². The number of rotatable bonds is 4. The zero-order valence-electron chi connectivity index (χ0n) is 18.2. The Bertz CT molecular complexity index is 842. The van der Waals surface area contributed by atoms with Crippen molar-refractivity contribution in [2.24, 2.45) is 4.99 Å². The quantitative estimate of drug-likeness (QED) is 0.799. The summed E-state index contributed by atoms with van der Waals surface area (Å²) in [5, 5.41) is 12.4. The fourth-order valence-corrected chi connectivity index (χ4v) is 4.99. The third kappa shape index (κ3) is 4.19. The smallest absolute Gasteiger partial charge is 0.109 e. The van der Waals surface area contributed by atoms with Crippen LogP contribution in [0.15, 0.2) is 35.3 Å². The summed E-state index contributed by atoms with van der Waals surface area (Å²) < 4.78 is 0. The van der Waals surface area contributed by atoms with E-state index in [0.29, 0.717) is 12.6 Å². The average Bonchev–Trinajstić information content (AvgIpc) is 3.23. The molecule has 1 aliphatic carbocycles. The number of hydrogen-bond donors (Lipinski definition) is 2. The molecule has 1 aromatic rings. The minimum atomic E-state index is 0.215. The van der Waals surface area contributed by atoms with Crippen LogP contribution in [0.25, 0.3) is 11.3 Å². The van der Waals surface area contributed by atoms with E-state index in [1.165, 1.54) is 34.5 Å². The second-order valence-electron chi connectivity index (χ2n) is 9.22. The Labute approximate surface area is 175 Å². The van der Waals surface area contributed by atoms with Gasteiger partial charge in [-0.15, -0.1) is 0 Å². The van der Waals surface area contributed by atoms with Crippen molar-refractivity contribution in [1.82, 2.24) is 10.2 Å². The molecule has 0 amide bonds. The Kier molecular flexibility index (Phi) is 5.93. The largest absolute Gasteiger partial charge is 0.395 e. The van der Waals surface area contributed by atoms with Gasteiger partial charge >= 0.3 is 0 Å². The van der Waals surface area contributed by atoms with Gasteiger partial charge in [0.1, 0.15) is 5.84 Å². The molecule has 0 unspecified atom stereocenters. The highest BCUT2D eigenvalue weighted by atomic mass is 16.3. The standard InChI is InChI=1S/C25H35N3O/c1-4-18-9-12-25(2,3)22-6-5-19(17-21(18)22)23-7-8-24(27-23)28-14-10-20(11-15-28)26-13-16-29/h4-7,17,20,26,29H,8-16H2,1-3H3/b18-4-. The minimum absolute atomic E-state index is 0.215. The van der Waals surface area contributed by atoms with Gasteiger partial charge in [0.25, 0.3) is 0 Å². The first kappa shape index (κ1) is 20.4. The molecular weight excluding hydrogens is 358 g/mol. The lowest BCUT2D eigenvalue weighted by atomic mass is 9.70. The van der Waals surface area contributed by atoms with E-state index in [1.54, 1.807) is 0 Å². The summed E-state index contributed by atoms with van der Waals surface area (Å²) in [5.74, 6) is 1.21. The third-order valence-electron chi connectivity index (χ3n) is 6.89. The van der Waals surface area contributed by atoms with Gasteiger partial charge in [-0.3, -0.25) is 0 Å². The molecule has 29 heavy (non-hydrogen) atoms. The van der Waals surface area contributed by atoms with Crippen LogP contribution in [0.2, 0.25) is 0 Å². The van der Waals surface area contributed by atoms with Crippen LogP contribution in [0.5, 0.6) is 0 Å². The fourth-order valence-electron chi connectivity index (χ4n) is 4.99. The predicted molar refractivity (Wildman–Crippen MR) is 122 cm³/mol. The molecule has 2 aliphatic heterocycles. The molecule has 0 bridgehead atoms. The summed E-state index contributed by atoms with van der Waals surface area (Å²) in [6.07, 6.45) is 10.1. The first-order chi connectivity index (χ1) is 14.0. The first-order valence-corrected chi connectivity index (χ1v) is 11.2. The molecular formula is C25H35N3O. The highest BCUT2D eigenvalue weighted by Crippen LogP contribution is 2.43. The topological polar surface area (TPSA) is 47.9 Å². The van der Waals surface area contributed by atoms with Crippen LogP contribution in [0.1, 0.15) is 69.6 Å². The van der Waals surface area contributed by atoms with Crippen LogP contribution in [0.4, 0.5) is 0 Å². The van der Waals surface area contributed by atoms with Gasteiger partial charge in [-0.1, -0.05) is 38.1 Å². The monoisotopic (exact) mass is 393 g/mol. The molecule has 0 saturated carbocycles. The van der Waals surface area contributed by atoms with E-state index in [2.05, 4.69) is 61.3 Å². The molecule has 1 fully saturated rings. The molecule has 1 aromatic carbocycles. The van der Waals surface area contributed by atoms with Gasteiger partial charge in [-0.25, -0.2) is 4.99 Å². The van der Waals surface area contributed by atoms with Gasteiger partial charge < -0.3 is 15.3 Å². The Morgan fingerprint density at radius 3 is 2.79 bits per heavy atom. The number of piperidine rings is 1. The maximum atomic E-state index is 8.99. The molecule has 4 nitrogen and oxygen atoms in total. The van der Waals surface area contributed by atoms with E-state index < -0.39 is 0 Å². The SMILES string of the molecule is C/C=C1/CCC(C)(C)c2ccc(C3=CCC(N4CCC(NCCO)CC4)=N3)cc21. The van der Waals surface area contributed by atoms with Crippen molar-refractivity contribution in [2.45, 2.75) is 64.3 Å². The number of hydrogen-bond acceptors (Lipinski definition) is 4. The molecule has 4 rings (SSSR count). The Morgan fingerprint density at radius 1 is 1.28 bits per heavy atom. The van der Waals surface area contributed by atoms with E-state index in [9.17, 15) is 0 Å². The fraction of sp³-hybridized carbons (Fsp3) is 0.560. The highest BCUT2D eigenvalue weighted by molar-refractivity contribution is 5.94. The van der Waals surface area contributed by atoms with Crippen molar-refractivity contribution in [3.63, 3.8) is 0 Å². The summed E-state index contributed by atoms with van der Waals surface area (Å²) in [4.78, 5) is 7.47. The van der Waals surface area contributed by atoms with Crippen LogP contribution >= 0.6 is 0 Å². The van der Waals surface area contributed by atoms with Crippen LogP contribution in [-0.2, 0) is 5.41 Å². The summed E-state index contributed by atoms with van der Waals surface area (Å²) in [6, 6.07) is 7.49. The van der Waals surface area contributed by atoms with E-state index in [0.717, 1.165) is 44.5 Å². The number of nitrogens with zero attached hydrogens (tertiary/aromatic N) is 2. The van der Waals surface area contributed by atoms with Crippen molar-refractivity contribution in [3.8, 4) is 0 Å². The maximum absolute atomic E-state index is 8.99. The van der Waals surface area contributed by atoms with Gasteiger partial charge in [-0.05, 0) is 60.8 Å². The van der Waals surface area contributed by atoms with Crippen molar-refractivity contribution in [2.75, 3.05) is 26.2 Å².